The van der Waals surface area contributed by atoms with Crippen molar-refractivity contribution in [3.05, 3.63) is 41.5 Å². The van der Waals surface area contributed by atoms with E-state index in [0.717, 1.165) is 23.3 Å². The van der Waals surface area contributed by atoms with Crippen LogP contribution in [0.4, 0.5) is 0 Å². The first-order chi connectivity index (χ1) is 7.22. The van der Waals surface area contributed by atoms with Crippen LogP contribution in [0.3, 0.4) is 0 Å². The van der Waals surface area contributed by atoms with Crippen molar-refractivity contribution in [1.82, 2.24) is 0 Å². The van der Waals surface area contributed by atoms with Gasteiger partial charge < -0.3 is 10.5 Å². The highest BCUT2D eigenvalue weighted by molar-refractivity contribution is 5.44. The zero-order valence-corrected chi connectivity index (χ0v) is 9.55. The molecular weight excluding hydrogens is 186 g/mol. The van der Waals surface area contributed by atoms with Crippen molar-refractivity contribution < 1.29 is 4.74 Å². The summed E-state index contributed by atoms with van der Waals surface area (Å²) in [4.78, 5) is 0. The Kier molecular flexibility index (Phi) is 4.37. The van der Waals surface area contributed by atoms with E-state index in [-0.39, 0.29) is 0 Å². The molecule has 1 aromatic carbocycles. The molecule has 82 valence electrons. The van der Waals surface area contributed by atoms with Gasteiger partial charge in [0, 0.05) is 12.1 Å². The fourth-order valence-electron chi connectivity index (χ4n) is 1.63. The van der Waals surface area contributed by atoms with Crippen molar-refractivity contribution in [3.63, 3.8) is 0 Å². The van der Waals surface area contributed by atoms with Crippen LogP contribution in [0.1, 0.15) is 23.6 Å². The third-order valence-corrected chi connectivity index (χ3v) is 2.39. The third kappa shape index (κ3) is 2.83. The Hall–Kier alpha value is -1.28. The highest BCUT2D eigenvalue weighted by Gasteiger charge is 2.07. The van der Waals surface area contributed by atoms with Gasteiger partial charge in [0.1, 0.15) is 12.4 Å². The molecule has 15 heavy (non-hydrogen) atoms. The van der Waals surface area contributed by atoms with Gasteiger partial charge in [0.15, 0.2) is 0 Å². The molecule has 0 saturated carbocycles. The Morgan fingerprint density at radius 1 is 1.47 bits per heavy atom. The maximum Gasteiger partial charge on any atom is 0.127 e. The second-order valence-electron chi connectivity index (χ2n) is 3.56. The molecule has 0 bridgehead atoms. The molecule has 0 aliphatic rings. The van der Waals surface area contributed by atoms with Crippen LogP contribution in [0.25, 0.3) is 0 Å². The van der Waals surface area contributed by atoms with E-state index >= 15 is 0 Å². The molecule has 1 rings (SSSR count). The second-order valence-corrected chi connectivity index (χ2v) is 3.56. The number of hydrogen-bond donors (Lipinski definition) is 1. The van der Waals surface area contributed by atoms with E-state index in [4.69, 9.17) is 10.5 Å². The number of benzene rings is 1. The minimum Gasteiger partial charge on any atom is -0.489 e. The van der Waals surface area contributed by atoms with E-state index in [1.54, 1.807) is 6.08 Å². The van der Waals surface area contributed by atoms with E-state index in [9.17, 15) is 0 Å². The van der Waals surface area contributed by atoms with Crippen LogP contribution in [-0.4, -0.2) is 6.61 Å². The van der Waals surface area contributed by atoms with Crippen molar-refractivity contribution in [2.75, 3.05) is 6.61 Å². The van der Waals surface area contributed by atoms with E-state index in [1.165, 1.54) is 5.56 Å². The first-order valence-corrected chi connectivity index (χ1v) is 5.29. The zero-order valence-electron chi connectivity index (χ0n) is 9.55. The summed E-state index contributed by atoms with van der Waals surface area (Å²) < 4.78 is 5.61. The lowest BCUT2D eigenvalue weighted by Crippen LogP contribution is -2.05. The number of hydrogen-bond acceptors (Lipinski definition) is 2. The largest absolute Gasteiger partial charge is 0.489 e. The topological polar surface area (TPSA) is 35.2 Å². The third-order valence-electron chi connectivity index (χ3n) is 2.39. The zero-order chi connectivity index (χ0) is 11.3. The fourth-order valence-corrected chi connectivity index (χ4v) is 1.63. The summed E-state index contributed by atoms with van der Waals surface area (Å²) in [5.41, 5.74) is 9.24. The molecule has 0 heterocycles. The van der Waals surface area contributed by atoms with Crippen LogP contribution in [0.2, 0.25) is 0 Å². The van der Waals surface area contributed by atoms with Gasteiger partial charge in [-0.15, -0.1) is 0 Å². The lowest BCUT2D eigenvalue weighted by molar-refractivity contribution is 0.356. The molecule has 0 radical (unpaired) electrons. The average molecular weight is 205 g/mol. The summed E-state index contributed by atoms with van der Waals surface area (Å²) in [5.74, 6) is 0.912. The Labute approximate surface area is 91.7 Å². The quantitative estimate of drug-likeness (QED) is 0.750. The summed E-state index contributed by atoms with van der Waals surface area (Å²) in [7, 11) is 0. The minimum absolute atomic E-state index is 0.515. The Balaban J connectivity index is 3.06. The Morgan fingerprint density at radius 3 is 2.73 bits per heavy atom. The predicted molar refractivity (Wildman–Crippen MR) is 64.1 cm³/mol. The molecule has 0 aliphatic carbocycles. The normalized spacial score (nSPS) is 10.1. The van der Waals surface area contributed by atoms with Gasteiger partial charge in [0.05, 0.1) is 0 Å². The highest BCUT2D eigenvalue weighted by atomic mass is 16.5. The molecule has 2 N–H and O–H groups in total. The Bertz CT molecular complexity index is 345. The molecule has 2 nitrogen and oxygen atoms in total. The maximum atomic E-state index is 5.71. The molecular formula is C13H19NO. The van der Waals surface area contributed by atoms with E-state index in [2.05, 4.69) is 32.6 Å². The number of rotatable bonds is 5. The van der Waals surface area contributed by atoms with Crippen molar-refractivity contribution in [2.24, 2.45) is 5.73 Å². The van der Waals surface area contributed by atoms with Gasteiger partial charge in [0.2, 0.25) is 0 Å². The van der Waals surface area contributed by atoms with Crippen molar-refractivity contribution in [3.8, 4) is 5.75 Å². The van der Waals surface area contributed by atoms with Gasteiger partial charge in [-0.25, -0.2) is 0 Å². The first kappa shape index (κ1) is 11.8. The van der Waals surface area contributed by atoms with Crippen LogP contribution in [0.5, 0.6) is 5.75 Å². The summed E-state index contributed by atoms with van der Waals surface area (Å²) >= 11 is 0. The molecule has 0 unspecified atom stereocenters. The molecule has 1 aromatic rings. The predicted octanol–water partition coefficient (Wildman–Crippen LogP) is 2.58. The highest BCUT2D eigenvalue weighted by Crippen LogP contribution is 2.25. The van der Waals surface area contributed by atoms with Gasteiger partial charge in [-0.1, -0.05) is 31.7 Å². The van der Waals surface area contributed by atoms with E-state index < -0.39 is 0 Å². The molecule has 0 aliphatic heterocycles. The standard InChI is InChI=1S/C13H19NO/c1-4-6-15-13-10(3)7-11(5-2)8-12(13)9-14/h4,7-8H,1,5-6,9,14H2,2-3H3. The van der Waals surface area contributed by atoms with Crippen molar-refractivity contribution in [2.45, 2.75) is 26.8 Å². The van der Waals surface area contributed by atoms with Crippen LogP contribution in [0, 0.1) is 6.92 Å². The van der Waals surface area contributed by atoms with Crippen LogP contribution in [-0.2, 0) is 13.0 Å². The number of aryl methyl sites for hydroxylation is 2. The minimum atomic E-state index is 0.515. The fraction of sp³-hybridized carbons (Fsp3) is 0.385. The smallest absolute Gasteiger partial charge is 0.127 e. The van der Waals surface area contributed by atoms with Gasteiger partial charge in [-0.2, -0.15) is 0 Å². The number of nitrogens with two attached hydrogens (primary N) is 1. The summed E-state index contributed by atoms with van der Waals surface area (Å²) in [6.07, 6.45) is 2.77. The van der Waals surface area contributed by atoms with Gasteiger partial charge >= 0.3 is 0 Å². The van der Waals surface area contributed by atoms with Crippen molar-refractivity contribution >= 4 is 0 Å². The van der Waals surface area contributed by atoms with Gasteiger partial charge in [0.25, 0.3) is 0 Å². The molecule has 2 heteroatoms. The van der Waals surface area contributed by atoms with Crippen LogP contribution in [0.15, 0.2) is 24.8 Å². The molecule has 0 atom stereocenters. The first-order valence-electron chi connectivity index (χ1n) is 5.29. The van der Waals surface area contributed by atoms with E-state index in [1.807, 2.05) is 0 Å². The summed E-state index contributed by atoms with van der Waals surface area (Å²) in [6, 6.07) is 4.27. The summed E-state index contributed by atoms with van der Waals surface area (Å²) in [5, 5.41) is 0. The monoisotopic (exact) mass is 205 g/mol. The maximum absolute atomic E-state index is 5.71. The van der Waals surface area contributed by atoms with Crippen LogP contribution < -0.4 is 10.5 Å². The summed E-state index contributed by atoms with van der Waals surface area (Å²) in [6.45, 7) is 8.87. The molecule has 0 amide bonds. The molecule has 0 fully saturated rings. The van der Waals surface area contributed by atoms with E-state index in [0.29, 0.717) is 13.2 Å². The lowest BCUT2D eigenvalue weighted by atomic mass is 10.0. The Morgan fingerprint density at radius 2 is 2.20 bits per heavy atom. The SMILES string of the molecule is C=CCOc1c(C)cc(CC)cc1CN. The van der Waals surface area contributed by atoms with Gasteiger partial charge in [-0.3, -0.25) is 0 Å². The number of ether oxygens (including phenoxy) is 1. The van der Waals surface area contributed by atoms with Crippen molar-refractivity contribution in [1.29, 1.82) is 0 Å². The van der Waals surface area contributed by atoms with Gasteiger partial charge in [-0.05, 0) is 24.5 Å². The average Bonchev–Trinajstić information content (AvgIpc) is 2.26. The molecule has 0 spiro atoms. The van der Waals surface area contributed by atoms with Crippen LogP contribution >= 0.6 is 0 Å². The molecule has 0 saturated heterocycles. The lowest BCUT2D eigenvalue weighted by Gasteiger charge is -2.13. The molecule has 0 aromatic heterocycles. The second kappa shape index (κ2) is 5.56.